The number of sulfone groups is 1. The van der Waals surface area contributed by atoms with Gasteiger partial charge in [-0.15, -0.1) is 11.3 Å². The van der Waals surface area contributed by atoms with Gasteiger partial charge >= 0.3 is 5.97 Å². The van der Waals surface area contributed by atoms with Crippen LogP contribution in [0.15, 0.2) is 10.3 Å². The first-order valence-electron chi connectivity index (χ1n) is 5.42. The van der Waals surface area contributed by atoms with Gasteiger partial charge in [-0.05, 0) is 17.9 Å². The SMILES string of the molecule is COC(=O)c1scc(C)c1S(=O)(=O)NCCS(C)(=O)=O. The third-order valence-electron chi connectivity index (χ3n) is 2.32. The van der Waals surface area contributed by atoms with Crippen LogP contribution < -0.4 is 4.72 Å². The molecule has 0 amide bonds. The number of hydrogen-bond donors (Lipinski definition) is 1. The molecule has 0 aliphatic carbocycles. The lowest BCUT2D eigenvalue weighted by Crippen LogP contribution is -2.30. The number of hydrogen-bond acceptors (Lipinski definition) is 7. The number of sulfonamides is 1. The highest BCUT2D eigenvalue weighted by Gasteiger charge is 2.27. The number of rotatable bonds is 6. The zero-order chi connectivity index (χ0) is 15.6. The highest BCUT2D eigenvalue weighted by Crippen LogP contribution is 2.27. The van der Waals surface area contributed by atoms with E-state index in [0.717, 1.165) is 24.7 Å². The summed E-state index contributed by atoms with van der Waals surface area (Å²) in [5.74, 6) is -1.06. The van der Waals surface area contributed by atoms with E-state index in [-0.39, 0.29) is 22.1 Å². The van der Waals surface area contributed by atoms with Crippen molar-refractivity contribution < 1.29 is 26.4 Å². The molecule has 0 aromatic carbocycles. The third kappa shape index (κ3) is 4.27. The Morgan fingerprint density at radius 1 is 1.35 bits per heavy atom. The van der Waals surface area contributed by atoms with E-state index in [2.05, 4.69) is 9.46 Å². The van der Waals surface area contributed by atoms with Crippen molar-refractivity contribution in [3.8, 4) is 0 Å². The summed E-state index contributed by atoms with van der Waals surface area (Å²) in [5.41, 5.74) is 0.405. The lowest BCUT2D eigenvalue weighted by molar-refractivity contribution is 0.0602. The number of esters is 1. The van der Waals surface area contributed by atoms with Crippen molar-refractivity contribution >= 4 is 37.2 Å². The maximum absolute atomic E-state index is 12.1. The number of carbonyl (C=O) groups is 1. The molecule has 1 rings (SSSR count). The third-order valence-corrected chi connectivity index (χ3v) is 6.12. The van der Waals surface area contributed by atoms with Gasteiger partial charge in [0.1, 0.15) is 19.6 Å². The Kier molecular flexibility index (Phi) is 5.30. The van der Waals surface area contributed by atoms with Gasteiger partial charge in [0, 0.05) is 12.8 Å². The van der Waals surface area contributed by atoms with E-state index in [1.165, 1.54) is 5.38 Å². The lowest BCUT2D eigenvalue weighted by Gasteiger charge is -2.07. The average Bonchev–Trinajstić information content (AvgIpc) is 2.68. The lowest BCUT2D eigenvalue weighted by atomic mass is 10.3. The molecule has 0 spiro atoms. The molecule has 1 heterocycles. The van der Waals surface area contributed by atoms with Crippen molar-refractivity contribution in [2.24, 2.45) is 0 Å². The van der Waals surface area contributed by atoms with Crippen LogP contribution in [-0.4, -0.2) is 48.5 Å². The van der Waals surface area contributed by atoms with Crippen molar-refractivity contribution in [1.29, 1.82) is 0 Å². The quantitative estimate of drug-likeness (QED) is 0.739. The van der Waals surface area contributed by atoms with E-state index in [4.69, 9.17) is 0 Å². The minimum atomic E-state index is -3.96. The van der Waals surface area contributed by atoms with Gasteiger partial charge in [-0.2, -0.15) is 0 Å². The zero-order valence-electron chi connectivity index (χ0n) is 11.2. The topological polar surface area (TPSA) is 107 Å². The van der Waals surface area contributed by atoms with Crippen LogP contribution in [0.5, 0.6) is 0 Å². The Bertz CT molecular complexity index is 701. The van der Waals surface area contributed by atoms with Crippen LogP contribution >= 0.6 is 11.3 Å². The maximum atomic E-state index is 12.1. The predicted molar refractivity (Wildman–Crippen MR) is 75.3 cm³/mol. The van der Waals surface area contributed by atoms with E-state index in [0.29, 0.717) is 5.56 Å². The van der Waals surface area contributed by atoms with Gasteiger partial charge in [0.15, 0.2) is 0 Å². The molecular weight excluding hydrogens is 326 g/mol. The van der Waals surface area contributed by atoms with Gasteiger partial charge in [0.05, 0.1) is 12.9 Å². The number of carbonyl (C=O) groups excluding carboxylic acids is 1. The Hall–Kier alpha value is -0.970. The number of nitrogens with one attached hydrogen (secondary N) is 1. The summed E-state index contributed by atoms with van der Waals surface area (Å²) in [6, 6.07) is 0. The largest absolute Gasteiger partial charge is 0.465 e. The average molecular weight is 341 g/mol. The second kappa shape index (κ2) is 6.20. The van der Waals surface area contributed by atoms with E-state index in [1.807, 2.05) is 0 Å². The van der Waals surface area contributed by atoms with E-state index in [9.17, 15) is 21.6 Å². The molecule has 20 heavy (non-hydrogen) atoms. The second-order valence-corrected chi connectivity index (χ2v) is 8.94. The molecule has 114 valence electrons. The Morgan fingerprint density at radius 3 is 2.45 bits per heavy atom. The molecule has 0 aliphatic rings. The first kappa shape index (κ1) is 17.1. The summed E-state index contributed by atoms with van der Waals surface area (Å²) in [5, 5.41) is 1.53. The molecule has 0 aliphatic heterocycles. The predicted octanol–water partition coefficient (Wildman–Crippen LogP) is 0.166. The van der Waals surface area contributed by atoms with Gasteiger partial charge in [-0.25, -0.2) is 26.4 Å². The van der Waals surface area contributed by atoms with Crippen LogP contribution in [0, 0.1) is 6.92 Å². The van der Waals surface area contributed by atoms with Crippen molar-refractivity contribution in [1.82, 2.24) is 4.72 Å². The van der Waals surface area contributed by atoms with Gasteiger partial charge in [-0.1, -0.05) is 0 Å². The van der Waals surface area contributed by atoms with Crippen molar-refractivity contribution in [2.45, 2.75) is 11.8 Å². The highest BCUT2D eigenvalue weighted by atomic mass is 32.2. The number of methoxy groups -OCH3 is 1. The van der Waals surface area contributed by atoms with Gasteiger partial charge in [0.25, 0.3) is 0 Å². The van der Waals surface area contributed by atoms with Gasteiger partial charge in [-0.3, -0.25) is 0 Å². The molecule has 0 fully saturated rings. The minimum absolute atomic E-state index is 0.0307. The Balaban J connectivity index is 3.04. The zero-order valence-corrected chi connectivity index (χ0v) is 13.6. The molecule has 10 heteroatoms. The number of thiophene rings is 1. The minimum Gasteiger partial charge on any atom is -0.465 e. The summed E-state index contributed by atoms with van der Waals surface area (Å²) >= 11 is 0.963. The molecule has 0 atom stereocenters. The summed E-state index contributed by atoms with van der Waals surface area (Å²) < 4.78 is 52.9. The molecule has 0 saturated heterocycles. The maximum Gasteiger partial charge on any atom is 0.349 e. The van der Waals surface area contributed by atoms with E-state index in [1.54, 1.807) is 6.92 Å². The van der Waals surface area contributed by atoms with Crippen LogP contribution in [-0.2, 0) is 24.6 Å². The van der Waals surface area contributed by atoms with Crippen LogP contribution in [0.4, 0.5) is 0 Å². The van der Waals surface area contributed by atoms with Gasteiger partial charge in [0.2, 0.25) is 10.0 Å². The van der Waals surface area contributed by atoms with Crippen LogP contribution in [0.2, 0.25) is 0 Å². The molecule has 0 unspecified atom stereocenters. The molecule has 1 aromatic heterocycles. The molecule has 0 radical (unpaired) electrons. The van der Waals surface area contributed by atoms with Crippen LogP contribution in [0.1, 0.15) is 15.2 Å². The van der Waals surface area contributed by atoms with E-state index >= 15 is 0 Å². The Morgan fingerprint density at radius 2 is 1.95 bits per heavy atom. The van der Waals surface area contributed by atoms with E-state index < -0.39 is 25.8 Å². The highest BCUT2D eigenvalue weighted by molar-refractivity contribution is 7.91. The fourth-order valence-electron chi connectivity index (χ4n) is 1.43. The summed E-state index contributed by atoms with van der Waals surface area (Å²) in [4.78, 5) is 11.3. The molecule has 0 bridgehead atoms. The van der Waals surface area contributed by atoms with Gasteiger partial charge < -0.3 is 4.74 Å². The molecular formula is C10H15NO6S3. The second-order valence-electron chi connectivity index (χ2n) is 4.10. The first-order valence-corrected chi connectivity index (χ1v) is 9.84. The smallest absolute Gasteiger partial charge is 0.349 e. The fourth-order valence-corrected chi connectivity index (χ4v) is 4.77. The molecule has 1 N–H and O–H groups in total. The monoisotopic (exact) mass is 341 g/mol. The summed E-state index contributed by atoms with van der Waals surface area (Å²) in [6.45, 7) is 1.30. The standard InChI is InChI=1S/C10H15NO6S3/c1-7-6-18-8(10(12)17-2)9(7)20(15,16)11-4-5-19(3,13)14/h6,11H,4-5H2,1-3H3. The normalized spacial score (nSPS) is 12.3. The number of aryl methyl sites for hydroxylation is 1. The molecule has 7 nitrogen and oxygen atoms in total. The van der Waals surface area contributed by atoms with Crippen LogP contribution in [0.3, 0.4) is 0 Å². The molecule has 0 saturated carbocycles. The summed E-state index contributed by atoms with van der Waals surface area (Å²) in [6.07, 6.45) is 1.01. The molecule has 1 aromatic rings. The first-order chi connectivity index (χ1) is 9.08. The van der Waals surface area contributed by atoms with Crippen molar-refractivity contribution in [3.05, 3.63) is 15.8 Å². The fraction of sp³-hybridized carbons (Fsp3) is 0.500. The summed E-state index contributed by atoms with van der Waals surface area (Å²) in [7, 11) is -6.08. The van der Waals surface area contributed by atoms with Crippen LogP contribution in [0.25, 0.3) is 0 Å². The number of ether oxygens (including phenoxy) is 1. The van der Waals surface area contributed by atoms with Crippen molar-refractivity contribution in [2.75, 3.05) is 25.7 Å². The van der Waals surface area contributed by atoms with Crippen molar-refractivity contribution in [3.63, 3.8) is 0 Å². The Labute approximate surface area is 121 Å².